The molecule has 0 radical (unpaired) electrons. The molecule has 0 fully saturated rings. The van der Waals surface area contributed by atoms with E-state index in [1.807, 2.05) is 13.8 Å². The van der Waals surface area contributed by atoms with Crippen molar-refractivity contribution in [3.05, 3.63) is 70.3 Å². The predicted molar refractivity (Wildman–Crippen MR) is 105 cm³/mol. The van der Waals surface area contributed by atoms with E-state index in [1.54, 1.807) is 37.3 Å². The van der Waals surface area contributed by atoms with Gasteiger partial charge in [0.25, 0.3) is 11.8 Å². The fourth-order valence-corrected chi connectivity index (χ4v) is 2.66. The fraction of sp³-hybridized carbons (Fsp3) is 0.238. The molecule has 7 heteroatoms. The lowest BCUT2D eigenvalue weighted by molar-refractivity contribution is 0.0927. The molecule has 0 aliphatic heterocycles. The second-order valence-electron chi connectivity index (χ2n) is 6.57. The van der Waals surface area contributed by atoms with Gasteiger partial charge in [0.2, 0.25) is 0 Å². The molecule has 2 amide bonds. The Kier molecular flexibility index (Phi) is 5.63. The van der Waals surface area contributed by atoms with Crippen molar-refractivity contribution in [1.29, 1.82) is 0 Å². The average molecular weight is 380 g/mol. The maximum absolute atomic E-state index is 13.5. The maximum Gasteiger partial charge on any atom is 0.251 e. The van der Waals surface area contributed by atoms with Crippen LogP contribution in [0.25, 0.3) is 11.0 Å². The number of hydrogen-bond donors (Lipinski definition) is 2. The second kappa shape index (κ2) is 8.12. The number of aromatic nitrogens is 2. The van der Waals surface area contributed by atoms with Crippen LogP contribution in [0.15, 0.2) is 36.4 Å². The molecule has 144 valence electrons. The molecule has 28 heavy (non-hydrogen) atoms. The summed E-state index contributed by atoms with van der Waals surface area (Å²) in [6, 6.07) is 9.46. The van der Waals surface area contributed by atoms with Gasteiger partial charge in [-0.05, 0) is 56.7 Å². The topological polar surface area (TPSA) is 84.0 Å². The first-order valence-electron chi connectivity index (χ1n) is 8.92. The standard InChI is InChI=1S/C21H21FN4O2/c1-12-4-5-15(10-17(12)22)20(27)23-8-9-24-21(28)16-6-7-18-19(11-16)26-14(3)13(2)25-18/h4-7,10-11H,8-9H2,1-3H3,(H,23,27)(H,24,28). The lowest BCUT2D eigenvalue weighted by Gasteiger charge is -2.09. The minimum absolute atomic E-state index is 0.228. The van der Waals surface area contributed by atoms with E-state index >= 15 is 0 Å². The Morgan fingerprint density at radius 2 is 1.36 bits per heavy atom. The summed E-state index contributed by atoms with van der Waals surface area (Å²) in [6.07, 6.45) is 0. The highest BCUT2D eigenvalue weighted by atomic mass is 19.1. The van der Waals surface area contributed by atoms with Crippen molar-refractivity contribution >= 4 is 22.8 Å². The van der Waals surface area contributed by atoms with Crippen LogP contribution in [0.2, 0.25) is 0 Å². The third kappa shape index (κ3) is 4.31. The molecule has 3 rings (SSSR count). The molecule has 0 aliphatic carbocycles. The zero-order chi connectivity index (χ0) is 20.3. The Labute approximate surface area is 162 Å². The van der Waals surface area contributed by atoms with Gasteiger partial charge in [-0.2, -0.15) is 0 Å². The number of carbonyl (C=O) groups is 2. The monoisotopic (exact) mass is 380 g/mol. The Morgan fingerprint density at radius 1 is 0.821 bits per heavy atom. The van der Waals surface area contributed by atoms with Gasteiger partial charge in [0.05, 0.1) is 22.4 Å². The molecule has 1 heterocycles. The fourth-order valence-electron chi connectivity index (χ4n) is 2.66. The van der Waals surface area contributed by atoms with Crippen molar-refractivity contribution in [1.82, 2.24) is 20.6 Å². The third-order valence-electron chi connectivity index (χ3n) is 4.47. The molecule has 0 aliphatic rings. The molecule has 2 N–H and O–H groups in total. The Hall–Kier alpha value is -3.35. The Bertz CT molecular complexity index is 1070. The van der Waals surface area contributed by atoms with E-state index < -0.39 is 5.82 Å². The molecule has 0 spiro atoms. The van der Waals surface area contributed by atoms with Gasteiger partial charge in [0.1, 0.15) is 5.82 Å². The number of nitrogens with zero attached hydrogens (tertiary/aromatic N) is 2. The summed E-state index contributed by atoms with van der Waals surface area (Å²) in [5, 5.41) is 5.39. The number of rotatable bonds is 5. The van der Waals surface area contributed by atoms with Gasteiger partial charge in [-0.1, -0.05) is 6.07 Å². The molecule has 0 saturated carbocycles. The van der Waals surface area contributed by atoms with E-state index in [9.17, 15) is 14.0 Å². The van der Waals surface area contributed by atoms with E-state index in [1.165, 1.54) is 6.07 Å². The van der Waals surface area contributed by atoms with Crippen molar-refractivity contribution in [2.45, 2.75) is 20.8 Å². The van der Waals surface area contributed by atoms with Crippen molar-refractivity contribution in [3.8, 4) is 0 Å². The SMILES string of the molecule is Cc1ccc(C(=O)NCCNC(=O)c2ccc3nc(C)c(C)nc3c2)cc1F. The normalized spacial score (nSPS) is 10.7. The van der Waals surface area contributed by atoms with Crippen molar-refractivity contribution in [2.75, 3.05) is 13.1 Å². The minimum atomic E-state index is -0.425. The van der Waals surface area contributed by atoms with E-state index in [0.717, 1.165) is 16.9 Å². The summed E-state index contributed by atoms with van der Waals surface area (Å²) in [5.41, 5.74) is 4.26. The zero-order valence-corrected chi connectivity index (χ0v) is 16.0. The molecule has 2 aromatic carbocycles. The highest BCUT2D eigenvalue weighted by Crippen LogP contribution is 2.14. The first-order chi connectivity index (χ1) is 13.3. The first kappa shape index (κ1) is 19.4. The summed E-state index contributed by atoms with van der Waals surface area (Å²) in [5.74, 6) is -1.08. The van der Waals surface area contributed by atoms with Crippen LogP contribution in [0.5, 0.6) is 0 Å². The maximum atomic E-state index is 13.5. The van der Waals surface area contributed by atoms with Crippen LogP contribution in [-0.2, 0) is 0 Å². The number of nitrogens with one attached hydrogen (secondary N) is 2. The molecule has 0 bridgehead atoms. The number of benzene rings is 2. The number of halogens is 1. The van der Waals surface area contributed by atoms with E-state index in [0.29, 0.717) is 16.6 Å². The second-order valence-corrected chi connectivity index (χ2v) is 6.57. The summed E-state index contributed by atoms with van der Waals surface area (Å²) >= 11 is 0. The van der Waals surface area contributed by atoms with Crippen molar-refractivity contribution < 1.29 is 14.0 Å². The highest BCUT2D eigenvalue weighted by molar-refractivity contribution is 5.97. The van der Waals surface area contributed by atoms with Gasteiger partial charge < -0.3 is 10.6 Å². The van der Waals surface area contributed by atoms with Gasteiger partial charge in [0.15, 0.2) is 0 Å². The van der Waals surface area contributed by atoms with E-state index in [-0.39, 0.29) is 30.5 Å². The lowest BCUT2D eigenvalue weighted by atomic mass is 10.1. The first-order valence-corrected chi connectivity index (χ1v) is 8.92. The summed E-state index contributed by atoms with van der Waals surface area (Å²) < 4.78 is 13.5. The van der Waals surface area contributed by atoms with E-state index in [2.05, 4.69) is 20.6 Å². The molecule has 0 atom stereocenters. The molecule has 0 saturated heterocycles. The molecule has 1 aromatic heterocycles. The van der Waals surface area contributed by atoms with Crippen LogP contribution in [0.4, 0.5) is 4.39 Å². The van der Waals surface area contributed by atoms with Crippen molar-refractivity contribution in [2.24, 2.45) is 0 Å². The summed E-state index contributed by atoms with van der Waals surface area (Å²) in [7, 11) is 0. The largest absolute Gasteiger partial charge is 0.350 e. The number of fused-ring (bicyclic) bond motifs is 1. The van der Waals surface area contributed by atoms with Gasteiger partial charge >= 0.3 is 0 Å². The highest BCUT2D eigenvalue weighted by Gasteiger charge is 2.10. The van der Waals surface area contributed by atoms with Crippen LogP contribution >= 0.6 is 0 Å². The lowest BCUT2D eigenvalue weighted by Crippen LogP contribution is -2.34. The summed E-state index contributed by atoms with van der Waals surface area (Å²) in [6.45, 7) is 5.87. The van der Waals surface area contributed by atoms with Crippen LogP contribution in [0.1, 0.15) is 37.7 Å². The molecular weight excluding hydrogens is 359 g/mol. The van der Waals surface area contributed by atoms with E-state index in [4.69, 9.17) is 0 Å². The van der Waals surface area contributed by atoms with Crippen LogP contribution < -0.4 is 10.6 Å². The van der Waals surface area contributed by atoms with Gasteiger partial charge in [-0.3, -0.25) is 9.59 Å². The van der Waals surface area contributed by atoms with Gasteiger partial charge in [-0.25, -0.2) is 14.4 Å². The number of amides is 2. The Balaban J connectivity index is 1.55. The number of carbonyl (C=O) groups excluding carboxylic acids is 2. The zero-order valence-electron chi connectivity index (χ0n) is 16.0. The molecule has 3 aromatic rings. The number of aryl methyl sites for hydroxylation is 3. The Morgan fingerprint density at radius 3 is 1.96 bits per heavy atom. The van der Waals surface area contributed by atoms with Crippen molar-refractivity contribution in [3.63, 3.8) is 0 Å². The van der Waals surface area contributed by atoms with Crippen LogP contribution in [0.3, 0.4) is 0 Å². The van der Waals surface area contributed by atoms with Crippen LogP contribution in [0, 0.1) is 26.6 Å². The smallest absolute Gasteiger partial charge is 0.251 e. The third-order valence-corrected chi connectivity index (χ3v) is 4.47. The molecular formula is C21H21FN4O2. The van der Waals surface area contributed by atoms with Gasteiger partial charge in [-0.15, -0.1) is 0 Å². The molecule has 0 unspecified atom stereocenters. The number of hydrogen-bond acceptors (Lipinski definition) is 4. The van der Waals surface area contributed by atoms with Gasteiger partial charge in [0, 0.05) is 24.2 Å². The predicted octanol–water partition coefficient (Wildman–Crippen LogP) is 2.85. The summed E-state index contributed by atoms with van der Waals surface area (Å²) in [4.78, 5) is 33.2. The molecule has 6 nitrogen and oxygen atoms in total. The van der Waals surface area contributed by atoms with Crippen LogP contribution in [-0.4, -0.2) is 34.9 Å². The minimum Gasteiger partial charge on any atom is -0.350 e. The average Bonchev–Trinajstić information content (AvgIpc) is 2.67. The quantitative estimate of drug-likeness (QED) is 0.667.